The van der Waals surface area contributed by atoms with Crippen LogP contribution in [0.4, 0.5) is 0 Å². The maximum absolute atomic E-state index is 14.1. The SMILES string of the molecule is CC[NH+](CC)CCCN1C(=O)C(=O)/C(=C(/[O-])c2c(C)nc3ccccn23)C1c1cc(OC)ccc1OC. The minimum atomic E-state index is -0.905. The highest BCUT2D eigenvalue weighted by Crippen LogP contribution is 2.43. The number of carbonyl (C=O) groups excluding carboxylic acids is 2. The van der Waals surface area contributed by atoms with Gasteiger partial charge in [0, 0.05) is 30.3 Å². The smallest absolute Gasteiger partial charge is 0.295 e. The van der Waals surface area contributed by atoms with Crippen LogP contribution >= 0.6 is 0 Å². The fourth-order valence-electron chi connectivity index (χ4n) is 5.09. The van der Waals surface area contributed by atoms with Crippen molar-refractivity contribution in [2.45, 2.75) is 33.2 Å². The van der Waals surface area contributed by atoms with Crippen molar-refractivity contribution in [2.75, 3.05) is 40.4 Å². The van der Waals surface area contributed by atoms with Crippen LogP contribution in [0.2, 0.25) is 0 Å². The molecule has 0 spiro atoms. The van der Waals surface area contributed by atoms with E-state index in [1.165, 1.54) is 16.9 Å². The number of nitrogens with zero attached hydrogens (tertiary/aromatic N) is 3. The van der Waals surface area contributed by atoms with E-state index >= 15 is 0 Å². The minimum absolute atomic E-state index is 0.0968. The number of amides is 1. The van der Waals surface area contributed by atoms with E-state index in [1.54, 1.807) is 55.0 Å². The number of aromatic nitrogens is 2. The lowest BCUT2D eigenvalue weighted by Gasteiger charge is -2.29. The molecule has 1 saturated heterocycles. The molecule has 1 aliphatic rings. The van der Waals surface area contributed by atoms with Gasteiger partial charge in [0.2, 0.25) is 5.78 Å². The number of imidazole rings is 1. The molecule has 1 atom stereocenters. The van der Waals surface area contributed by atoms with Gasteiger partial charge in [0.1, 0.15) is 17.1 Å². The van der Waals surface area contributed by atoms with Crippen molar-refractivity contribution >= 4 is 23.1 Å². The molecule has 1 unspecified atom stereocenters. The zero-order valence-corrected chi connectivity index (χ0v) is 22.0. The molecule has 4 rings (SSSR count). The molecular weight excluding hydrogens is 472 g/mol. The Morgan fingerprint density at radius 3 is 2.54 bits per heavy atom. The Balaban J connectivity index is 1.89. The average molecular weight is 507 g/mol. The summed E-state index contributed by atoms with van der Waals surface area (Å²) in [5, 5.41) is 14.1. The summed E-state index contributed by atoms with van der Waals surface area (Å²) in [5.74, 6) is -0.985. The number of nitrogens with one attached hydrogen (secondary N) is 1. The number of methoxy groups -OCH3 is 2. The number of fused-ring (bicyclic) bond motifs is 1. The van der Waals surface area contributed by atoms with E-state index in [0.29, 0.717) is 41.4 Å². The van der Waals surface area contributed by atoms with Crippen molar-refractivity contribution in [1.82, 2.24) is 14.3 Å². The molecule has 1 aromatic carbocycles. The first-order chi connectivity index (χ1) is 17.9. The molecule has 2 aromatic heterocycles. The third kappa shape index (κ3) is 4.79. The molecule has 9 heteroatoms. The molecule has 0 aliphatic carbocycles. The molecule has 0 bridgehead atoms. The number of likely N-dealkylation sites (tertiary alicyclic amines) is 1. The molecule has 9 nitrogen and oxygen atoms in total. The van der Waals surface area contributed by atoms with Crippen molar-refractivity contribution < 1.29 is 29.1 Å². The number of rotatable bonds is 10. The molecule has 1 aliphatic heterocycles. The van der Waals surface area contributed by atoms with Gasteiger partial charge in [0.05, 0.1) is 51.3 Å². The van der Waals surface area contributed by atoms with Gasteiger partial charge in [-0.25, -0.2) is 4.98 Å². The van der Waals surface area contributed by atoms with Gasteiger partial charge in [-0.15, -0.1) is 0 Å². The summed E-state index contributed by atoms with van der Waals surface area (Å²) in [6, 6.07) is 9.70. The van der Waals surface area contributed by atoms with Crippen LogP contribution < -0.4 is 19.5 Å². The van der Waals surface area contributed by atoms with Crippen LogP contribution in [0, 0.1) is 6.92 Å². The molecule has 0 radical (unpaired) electrons. The third-order valence-corrected chi connectivity index (χ3v) is 7.11. The van der Waals surface area contributed by atoms with Crippen molar-refractivity contribution in [2.24, 2.45) is 0 Å². The highest BCUT2D eigenvalue weighted by Gasteiger charge is 2.45. The Labute approximate surface area is 216 Å². The number of ketones is 1. The monoisotopic (exact) mass is 506 g/mol. The number of quaternary nitrogens is 1. The quantitative estimate of drug-likeness (QED) is 0.252. The number of pyridine rings is 1. The zero-order valence-electron chi connectivity index (χ0n) is 22.0. The topological polar surface area (TPSA) is 101 Å². The second kappa shape index (κ2) is 11.0. The van der Waals surface area contributed by atoms with Gasteiger partial charge in [-0.05, 0) is 51.1 Å². The van der Waals surface area contributed by atoms with E-state index in [0.717, 1.165) is 19.6 Å². The summed E-state index contributed by atoms with van der Waals surface area (Å²) in [5.41, 5.74) is 1.79. The van der Waals surface area contributed by atoms with Gasteiger partial charge in [0.15, 0.2) is 0 Å². The maximum atomic E-state index is 14.1. The predicted molar refractivity (Wildman–Crippen MR) is 137 cm³/mol. The first kappa shape index (κ1) is 26.2. The lowest BCUT2D eigenvalue weighted by atomic mass is 9.95. The summed E-state index contributed by atoms with van der Waals surface area (Å²) in [4.78, 5) is 34.3. The first-order valence-electron chi connectivity index (χ1n) is 12.6. The van der Waals surface area contributed by atoms with Crippen LogP contribution in [0.3, 0.4) is 0 Å². The number of hydrogen-bond acceptors (Lipinski definition) is 6. The number of carbonyl (C=O) groups is 2. The van der Waals surface area contributed by atoms with Crippen molar-refractivity contribution in [3.63, 3.8) is 0 Å². The molecule has 1 amide bonds. The van der Waals surface area contributed by atoms with E-state index in [9.17, 15) is 14.7 Å². The van der Waals surface area contributed by atoms with Crippen LogP contribution in [-0.2, 0) is 9.59 Å². The summed E-state index contributed by atoms with van der Waals surface area (Å²) >= 11 is 0. The highest BCUT2D eigenvalue weighted by molar-refractivity contribution is 6.46. The molecule has 0 saturated carbocycles. The normalized spacial score (nSPS) is 17.2. The van der Waals surface area contributed by atoms with Crippen LogP contribution in [0.5, 0.6) is 11.5 Å². The molecule has 1 fully saturated rings. The minimum Gasteiger partial charge on any atom is -0.871 e. The van der Waals surface area contributed by atoms with Crippen LogP contribution in [0.15, 0.2) is 48.2 Å². The Morgan fingerprint density at radius 2 is 1.86 bits per heavy atom. The molecule has 196 valence electrons. The van der Waals surface area contributed by atoms with Gasteiger partial charge in [-0.2, -0.15) is 0 Å². The van der Waals surface area contributed by atoms with E-state index in [-0.39, 0.29) is 11.3 Å². The van der Waals surface area contributed by atoms with Gasteiger partial charge in [0.25, 0.3) is 5.91 Å². The predicted octanol–water partition coefficient (Wildman–Crippen LogP) is 1.20. The van der Waals surface area contributed by atoms with Gasteiger partial charge in [-0.1, -0.05) is 11.8 Å². The summed E-state index contributed by atoms with van der Waals surface area (Å²) in [6.07, 6.45) is 2.42. The maximum Gasteiger partial charge on any atom is 0.295 e. The highest BCUT2D eigenvalue weighted by atomic mass is 16.5. The fraction of sp³-hybridized carbons (Fsp3) is 0.393. The van der Waals surface area contributed by atoms with Gasteiger partial charge < -0.3 is 28.8 Å². The number of hydrogen-bond donors (Lipinski definition) is 1. The van der Waals surface area contributed by atoms with E-state index in [4.69, 9.17) is 9.47 Å². The Hall–Kier alpha value is -3.85. The second-order valence-electron chi connectivity index (χ2n) is 9.12. The van der Waals surface area contributed by atoms with E-state index in [2.05, 4.69) is 18.8 Å². The van der Waals surface area contributed by atoms with Crippen LogP contribution in [0.1, 0.15) is 43.3 Å². The number of benzene rings is 1. The van der Waals surface area contributed by atoms with Crippen LogP contribution in [-0.4, -0.2) is 66.4 Å². The molecule has 1 N–H and O–H groups in total. The lowest BCUT2D eigenvalue weighted by molar-refractivity contribution is -0.896. The molecule has 3 heterocycles. The number of Topliss-reactive ketones (excluding diaryl/α,β-unsaturated/α-hetero) is 1. The van der Waals surface area contributed by atoms with Gasteiger partial charge in [-0.3, -0.25) is 9.59 Å². The summed E-state index contributed by atoms with van der Waals surface area (Å²) in [6.45, 7) is 9.10. The Bertz CT molecular complexity index is 1340. The van der Waals surface area contributed by atoms with Crippen LogP contribution in [0.25, 0.3) is 11.4 Å². The van der Waals surface area contributed by atoms with Crippen molar-refractivity contribution in [3.8, 4) is 11.5 Å². The summed E-state index contributed by atoms with van der Waals surface area (Å²) in [7, 11) is 3.06. The average Bonchev–Trinajstić information content (AvgIpc) is 3.38. The number of aryl methyl sites for hydroxylation is 1. The first-order valence-corrected chi connectivity index (χ1v) is 12.6. The molecular formula is C28H34N4O5. The van der Waals surface area contributed by atoms with E-state index in [1.807, 2.05) is 6.07 Å². The second-order valence-corrected chi connectivity index (χ2v) is 9.12. The Morgan fingerprint density at radius 1 is 1.11 bits per heavy atom. The van der Waals surface area contributed by atoms with Gasteiger partial charge >= 0.3 is 0 Å². The largest absolute Gasteiger partial charge is 0.871 e. The fourth-order valence-corrected chi connectivity index (χ4v) is 5.09. The number of ether oxygens (including phenoxy) is 2. The molecule has 37 heavy (non-hydrogen) atoms. The summed E-state index contributed by atoms with van der Waals surface area (Å²) < 4.78 is 12.7. The molecule has 3 aromatic rings. The standard InChI is InChI=1S/C28H34N4O5/c1-6-30(7-2)14-10-16-32-25(20-17-19(36-4)12-13-21(20)37-5)23(27(34)28(32)35)26(33)24-18(3)29-22-11-8-9-15-31(22)24/h8-9,11-13,15,17,25,33H,6-7,10,14,16H2,1-5H3/b26-23+. The Kier molecular flexibility index (Phi) is 7.83. The van der Waals surface area contributed by atoms with Crippen molar-refractivity contribution in [3.05, 3.63) is 65.1 Å². The lowest BCUT2D eigenvalue weighted by Crippen LogP contribution is -3.11. The zero-order chi connectivity index (χ0) is 26.7. The van der Waals surface area contributed by atoms with Crippen molar-refractivity contribution in [1.29, 1.82) is 0 Å². The third-order valence-electron chi connectivity index (χ3n) is 7.11. The van der Waals surface area contributed by atoms with E-state index < -0.39 is 23.5 Å².